The van der Waals surface area contributed by atoms with Gasteiger partial charge in [0.15, 0.2) is 5.13 Å². The molecule has 1 fully saturated rings. The zero-order valence-corrected chi connectivity index (χ0v) is 19.1. The zero-order valence-electron chi connectivity index (χ0n) is 17.5. The van der Waals surface area contributed by atoms with Gasteiger partial charge >= 0.3 is 0 Å². The molecule has 160 valence electrons. The Bertz CT molecular complexity index is 1020. The molecule has 1 aliphatic rings. The van der Waals surface area contributed by atoms with E-state index < -0.39 is 0 Å². The molecule has 3 heterocycles. The van der Waals surface area contributed by atoms with Crippen molar-refractivity contribution in [1.82, 2.24) is 9.88 Å². The molecular weight excluding hydrogens is 422 g/mol. The first-order valence-corrected chi connectivity index (χ1v) is 11.4. The van der Waals surface area contributed by atoms with Crippen LogP contribution >= 0.6 is 22.9 Å². The Hall–Kier alpha value is -1.93. The summed E-state index contributed by atoms with van der Waals surface area (Å²) in [6.45, 7) is 10.6. The maximum absolute atomic E-state index is 13.5. The minimum atomic E-state index is -0.0841. The number of hydrogen-bond donors (Lipinski definition) is 0. The summed E-state index contributed by atoms with van der Waals surface area (Å²) >= 11 is 7.88. The lowest BCUT2D eigenvalue weighted by molar-refractivity contribution is 0.0376. The van der Waals surface area contributed by atoms with E-state index in [1.807, 2.05) is 32.9 Å². The van der Waals surface area contributed by atoms with Crippen LogP contribution in [0.4, 0.5) is 5.13 Å². The van der Waals surface area contributed by atoms with Crippen molar-refractivity contribution in [3.8, 4) is 0 Å². The number of benzene rings is 1. The summed E-state index contributed by atoms with van der Waals surface area (Å²) in [4.78, 5) is 22.4. The average molecular weight is 448 g/mol. The van der Waals surface area contributed by atoms with E-state index in [9.17, 15) is 4.79 Å². The number of anilines is 1. The van der Waals surface area contributed by atoms with Gasteiger partial charge in [0.05, 0.1) is 34.0 Å². The second kappa shape index (κ2) is 9.06. The van der Waals surface area contributed by atoms with Crippen molar-refractivity contribution in [2.45, 2.75) is 27.2 Å². The molecule has 3 aromatic rings. The third kappa shape index (κ3) is 4.39. The molecule has 1 amide bonds. The molecule has 0 atom stereocenters. The molecule has 0 radical (unpaired) electrons. The van der Waals surface area contributed by atoms with E-state index in [4.69, 9.17) is 25.7 Å². The molecule has 0 unspecified atom stereocenters. The van der Waals surface area contributed by atoms with Crippen LogP contribution in [0.25, 0.3) is 10.2 Å². The number of carbonyl (C=O) groups is 1. The number of aromatic nitrogens is 1. The molecule has 8 heteroatoms. The monoisotopic (exact) mass is 447 g/mol. The van der Waals surface area contributed by atoms with Gasteiger partial charge in [-0.25, -0.2) is 4.98 Å². The van der Waals surface area contributed by atoms with Crippen molar-refractivity contribution < 1.29 is 13.9 Å². The highest BCUT2D eigenvalue weighted by Gasteiger charge is 2.25. The summed E-state index contributed by atoms with van der Waals surface area (Å²) in [5, 5.41) is 1.34. The fraction of sp³-hybridized carbons (Fsp3) is 0.455. The quantitative estimate of drug-likeness (QED) is 0.541. The van der Waals surface area contributed by atoms with Crippen LogP contribution in [0.15, 0.2) is 22.6 Å². The number of furan rings is 1. The van der Waals surface area contributed by atoms with E-state index in [2.05, 4.69) is 4.90 Å². The molecule has 0 N–H and O–H groups in total. The highest BCUT2D eigenvalue weighted by atomic mass is 35.5. The Morgan fingerprint density at radius 3 is 2.70 bits per heavy atom. The van der Waals surface area contributed by atoms with E-state index in [1.165, 1.54) is 11.3 Å². The Morgan fingerprint density at radius 1 is 1.27 bits per heavy atom. The Labute approximate surface area is 185 Å². The van der Waals surface area contributed by atoms with Crippen LogP contribution in [0, 0.1) is 20.8 Å². The number of hydrogen-bond acceptors (Lipinski definition) is 6. The van der Waals surface area contributed by atoms with Crippen LogP contribution in [0.1, 0.15) is 33.9 Å². The fourth-order valence-electron chi connectivity index (χ4n) is 3.76. The molecular formula is C22H26ClN3O3S. The van der Waals surface area contributed by atoms with Crippen molar-refractivity contribution in [2.24, 2.45) is 0 Å². The molecule has 2 aromatic heterocycles. The molecule has 1 saturated heterocycles. The number of ether oxygens (including phenoxy) is 1. The predicted octanol–water partition coefficient (Wildman–Crippen LogP) is 4.84. The minimum Gasteiger partial charge on any atom is -0.466 e. The summed E-state index contributed by atoms with van der Waals surface area (Å²) < 4.78 is 12.0. The molecule has 0 saturated carbocycles. The number of rotatable bonds is 6. The van der Waals surface area contributed by atoms with E-state index in [-0.39, 0.29) is 5.91 Å². The van der Waals surface area contributed by atoms with Crippen LogP contribution in [0.3, 0.4) is 0 Å². The minimum absolute atomic E-state index is 0.0841. The molecule has 0 bridgehead atoms. The standard InChI is InChI=1S/C22H26ClN3O3S/c1-14-5-6-18(23)20-19(14)24-22(30-20)26(8-4-7-25-9-11-28-12-10-25)21(27)17-13-15(2)29-16(17)3/h5-6,13H,4,7-12H2,1-3H3. The van der Waals surface area contributed by atoms with E-state index in [0.717, 1.165) is 60.8 Å². The number of fused-ring (bicyclic) bond motifs is 1. The van der Waals surface area contributed by atoms with Crippen LogP contribution in [0.5, 0.6) is 0 Å². The Morgan fingerprint density at radius 2 is 2.03 bits per heavy atom. The summed E-state index contributed by atoms with van der Waals surface area (Å²) in [5.74, 6) is 1.28. The fourth-order valence-corrected chi connectivity index (χ4v) is 5.10. The van der Waals surface area contributed by atoms with Gasteiger partial charge in [0, 0.05) is 26.2 Å². The highest BCUT2D eigenvalue weighted by molar-refractivity contribution is 7.23. The van der Waals surface area contributed by atoms with E-state index in [0.29, 0.717) is 28.0 Å². The largest absolute Gasteiger partial charge is 0.466 e. The number of amides is 1. The molecule has 1 aromatic carbocycles. The first-order chi connectivity index (χ1) is 14.4. The molecule has 4 rings (SSSR count). The summed E-state index contributed by atoms with van der Waals surface area (Å²) in [6.07, 6.45) is 0.851. The maximum atomic E-state index is 13.5. The van der Waals surface area contributed by atoms with Gasteiger partial charge in [0.2, 0.25) is 0 Å². The number of morpholine rings is 1. The molecule has 1 aliphatic heterocycles. The predicted molar refractivity (Wildman–Crippen MR) is 121 cm³/mol. The van der Waals surface area contributed by atoms with Gasteiger partial charge in [-0.1, -0.05) is 29.0 Å². The van der Waals surface area contributed by atoms with Gasteiger partial charge in [0.1, 0.15) is 11.5 Å². The van der Waals surface area contributed by atoms with Gasteiger partial charge in [-0.05, 0) is 44.9 Å². The van der Waals surface area contributed by atoms with Crippen molar-refractivity contribution in [3.05, 3.63) is 45.9 Å². The molecule has 0 aliphatic carbocycles. The lowest BCUT2D eigenvalue weighted by Crippen LogP contribution is -2.39. The molecule has 30 heavy (non-hydrogen) atoms. The van der Waals surface area contributed by atoms with Crippen LogP contribution in [-0.4, -0.2) is 55.2 Å². The van der Waals surface area contributed by atoms with E-state index >= 15 is 0 Å². The molecule has 0 spiro atoms. The van der Waals surface area contributed by atoms with Crippen molar-refractivity contribution in [3.63, 3.8) is 0 Å². The smallest absolute Gasteiger partial charge is 0.263 e. The maximum Gasteiger partial charge on any atom is 0.263 e. The highest BCUT2D eigenvalue weighted by Crippen LogP contribution is 2.36. The van der Waals surface area contributed by atoms with Crippen molar-refractivity contribution in [1.29, 1.82) is 0 Å². The van der Waals surface area contributed by atoms with Gasteiger partial charge in [-0.15, -0.1) is 0 Å². The number of nitrogens with zero attached hydrogens (tertiary/aromatic N) is 3. The summed E-state index contributed by atoms with van der Waals surface area (Å²) in [5.41, 5.74) is 2.49. The second-order valence-corrected chi connectivity index (χ2v) is 9.01. The van der Waals surface area contributed by atoms with Gasteiger partial charge in [-0.3, -0.25) is 14.6 Å². The Kier molecular flexibility index (Phi) is 6.43. The zero-order chi connectivity index (χ0) is 21.3. The van der Waals surface area contributed by atoms with Crippen LogP contribution < -0.4 is 4.90 Å². The molecule has 6 nitrogen and oxygen atoms in total. The summed E-state index contributed by atoms with van der Waals surface area (Å²) in [6, 6.07) is 5.65. The topological polar surface area (TPSA) is 58.8 Å². The SMILES string of the molecule is Cc1cc(C(=O)N(CCCN2CCOCC2)c2nc3c(C)ccc(Cl)c3s2)c(C)o1. The average Bonchev–Trinajstić information content (AvgIpc) is 3.32. The van der Waals surface area contributed by atoms with Crippen LogP contribution in [-0.2, 0) is 4.74 Å². The number of halogens is 1. The van der Waals surface area contributed by atoms with Crippen LogP contribution in [0.2, 0.25) is 5.02 Å². The number of aryl methyl sites for hydroxylation is 3. The Balaban J connectivity index is 1.62. The number of thiazole rings is 1. The van der Waals surface area contributed by atoms with Gasteiger partial charge < -0.3 is 9.15 Å². The lowest BCUT2D eigenvalue weighted by atomic mass is 10.2. The van der Waals surface area contributed by atoms with Crippen molar-refractivity contribution in [2.75, 3.05) is 44.3 Å². The third-order valence-corrected chi connectivity index (χ3v) is 6.93. The normalized spacial score (nSPS) is 15.1. The lowest BCUT2D eigenvalue weighted by Gasteiger charge is -2.27. The van der Waals surface area contributed by atoms with Gasteiger partial charge in [-0.2, -0.15) is 0 Å². The summed E-state index contributed by atoms with van der Waals surface area (Å²) in [7, 11) is 0. The first-order valence-electron chi connectivity index (χ1n) is 10.2. The first kappa shape index (κ1) is 21.3. The van der Waals surface area contributed by atoms with Gasteiger partial charge in [0.25, 0.3) is 5.91 Å². The van der Waals surface area contributed by atoms with Crippen molar-refractivity contribution >= 4 is 44.2 Å². The third-order valence-electron chi connectivity index (χ3n) is 5.39. The second-order valence-electron chi connectivity index (χ2n) is 7.63. The van der Waals surface area contributed by atoms with E-state index in [1.54, 1.807) is 11.0 Å². The number of carbonyl (C=O) groups excluding carboxylic acids is 1.